The van der Waals surface area contributed by atoms with E-state index in [9.17, 15) is 4.79 Å². The Morgan fingerprint density at radius 2 is 2.12 bits per heavy atom. The lowest BCUT2D eigenvalue weighted by molar-refractivity contribution is 0.0787. The van der Waals surface area contributed by atoms with Crippen LogP contribution in [0.3, 0.4) is 0 Å². The summed E-state index contributed by atoms with van der Waals surface area (Å²) in [5.74, 6) is 0.681. The van der Waals surface area contributed by atoms with E-state index in [-0.39, 0.29) is 11.9 Å². The van der Waals surface area contributed by atoms with Crippen LogP contribution in [0.25, 0.3) is 11.3 Å². The van der Waals surface area contributed by atoms with Crippen LogP contribution in [0.15, 0.2) is 48.8 Å². The molecule has 1 N–H and O–H groups in total. The Morgan fingerprint density at radius 1 is 1.25 bits per heavy atom. The van der Waals surface area contributed by atoms with E-state index < -0.39 is 0 Å². The third kappa shape index (κ3) is 2.07. The molecule has 2 aromatic heterocycles. The van der Waals surface area contributed by atoms with Crippen LogP contribution >= 0.6 is 0 Å². The summed E-state index contributed by atoms with van der Waals surface area (Å²) in [6.45, 7) is 0. The van der Waals surface area contributed by atoms with Crippen molar-refractivity contribution in [3.05, 3.63) is 65.6 Å². The number of fused-ring (bicyclic) bond motifs is 1. The van der Waals surface area contributed by atoms with Gasteiger partial charge < -0.3 is 9.64 Å². The number of ether oxygens (including phenoxy) is 1. The van der Waals surface area contributed by atoms with Crippen molar-refractivity contribution in [1.82, 2.24) is 20.1 Å². The Bertz CT molecular complexity index is 904. The highest BCUT2D eigenvalue weighted by atomic mass is 16.5. The van der Waals surface area contributed by atoms with Gasteiger partial charge >= 0.3 is 0 Å². The van der Waals surface area contributed by atoms with Crippen molar-refractivity contribution in [2.24, 2.45) is 0 Å². The van der Waals surface area contributed by atoms with Crippen LogP contribution in [-0.2, 0) is 0 Å². The molecule has 0 aliphatic carbocycles. The van der Waals surface area contributed by atoms with E-state index in [1.807, 2.05) is 36.4 Å². The average Bonchev–Trinajstić information content (AvgIpc) is 3.16. The molecule has 3 aromatic rings. The predicted octanol–water partition coefficient (Wildman–Crippen LogP) is 2.66. The molecule has 0 spiro atoms. The summed E-state index contributed by atoms with van der Waals surface area (Å²) in [4.78, 5) is 18.5. The number of aromatic amines is 1. The molecule has 0 radical (unpaired) electrons. The largest absolute Gasteiger partial charge is 0.497 e. The van der Waals surface area contributed by atoms with Gasteiger partial charge in [0.15, 0.2) is 0 Å². The van der Waals surface area contributed by atoms with E-state index in [2.05, 4.69) is 15.2 Å². The van der Waals surface area contributed by atoms with Gasteiger partial charge in [0.25, 0.3) is 5.91 Å². The van der Waals surface area contributed by atoms with Gasteiger partial charge in [-0.2, -0.15) is 5.10 Å². The second-order valence-corrected chi connectivity index (χ2v) is 5.70. The number of carbonyl (C=O) groups is 1. The van der Waals surface area contributed by atoms with E-state index in [1.165, 1.54) is 0 Å². The number of carbonyl (C=O) groups excluding carboxylic acids is 1. The summed E-state index contributed by atoms with van der Waals surface area (Å²) < 4.78 is 5.30. The molecule has 6 heteroatoms. The normalized spacial score (nSPS) is 16.3. The zero-order chi connectivity index (χ0) is 16.7. The molecular formula is C18H16N4O2. The van der Waals surface area contributed by atoms with E-state index in [1.54, 1.807) is 31.5 Å². The van der Waals surface area contributed by atoms with Crippen LogP contribution in [0, 0.1) is 0 Å². The summed E-state index contributed by atoms with van der Waals surface area (Å²) in [5, 5.41) is 7.30. The van der Waals surface area contributed by atoms with Crippen LogP contribution < -0.4 is 4.74 Å². The van der Waals surface area contributed by atoms with Crippen molar-refractivity contribution in [1.29, 1.82) is 0 Å². The highest BCUT2D eigenvalue weighted by Crippen LogP contribution is 2.41. The minimum Gasteiger partial charge on any atom is -0.497 e. The van der Waals surface area contributed by atoms with Crippen LogP contribution in [0.2, 0.25) is 0 Å². The number of pyridine rings is 1. The Hall–Kier alpha value is -3.15. The van der Waals surface area contributed by atoms with Crippen molar-refractivity contribution in [2.45, 2.75) is 6.04 Å². The zero-order valence-corrected chi connectivity index (χ0v) is 13.4. The fourth-order valence-electron chi connectivity index (χ4n) is 3.19. The third-order valence-electron chi connectivity index (χ3n) is 4.34. The van der Waals surface area contributed by atoms with Crippen LogP contribution in [0.5, 0.6) is 5.75 Å². The summed E-state index contributed by atoms with van der Waals surface area (Å²) in [6.07, 6.45) is 3.51. The quantitative estimate of drug-likeness (QED) is 0.805. The number of hydrogen-bond acceptors (Lipinski definition) is 4. The van der Waals surface area contributed by atoms with Crippen LogP contribution in [0.4, 0.5) is 0 Å². The molecule has 1 aliphatic rings. The van der Waals surface area contributed by atoms with Crippen molar-refractivity contribution >= 4 is 5.91 Å². The molecule has 120 valence electrons. The smallest absolute Gasteiger partial charge is 0.272 e. The molecule has 6 nitrogen and oxygen atoms in total. The molecule has 1 atom stereocenters. The molecule has 1 amide bonds. The Kier molecular flexibility index (Phi) is 3.30. The van der Waals surface area contributed by atoms with E-state index in [0.717, 1.165) is 28.1 Å². The minimum atomic E-state index is -0.207. The van der Waals surface area contributed by atoms with Gasteiger partial charge in [-0.3, -0.25) is 14.9 Å². The van der Waals surface area contributed by atoms with Gasteiger partial charge in [-0.25, -0.2) is 0 Å². The monoisotopic (exact) mass is 320 g/mol. The fraction of sp³-hybridized carbons (Fsp3) is 0.167. The molecule has 0 saturated heterocycles. The van der Waals surface area contributed by atoms with Gasteiger partial charge in [-0.15, -0.1) is 0 Å². The van der Waals surface area contributed by atoms with Crippen molar-refractivity contribution < 1.29 is 9.53 Å². The molecule has 0 unspecified atom stereocenters. The van der Waals surface area contributed by atoms with Crippen LogP contribution in [-0.4, -0.2) is 40.1 Å². The number of hydrogen-bond donors (Lipinski definition) is 1. The molecule has 24 heavy (non-hydrogen) atoms. The number of benzene rings is 1. The van der Waals surface area contributed by atoms with Gasteiger partial charge in [0.05, 0.1) is 18.8 Å². The molecular weight excluding hydrogens is 304 g/mol. The maximum Gasteiger partial charge on any atom is 0.272 e. The SMILES string of the molecule is COc1cccc(-c2n[nH]c3c2[C@H](c2cccnc2)N(C)C3=O)c1. The number of amides is 1. The zero-order valence-electron chi connectivity index (χ0n) is 13.4. The number of H-pyrrole nitrogens is 1. The van der Waals surface area contributed by atoms with Gasteiger partial charge in [0.1, 0.15) is 11.4 Å². The van der Waals surface area contributed by atoms with Crippen molar-refractivity contribution in [3.63, 3.8) is 0 Å². The third-order valence-corrected chi connectivity index (χ3v) is 4.34. The molecule has 0 fully saturated rings. The highest BCUT2D eigenvalue weighted by Gasteiger charge is 2.40. The Labute approximate surface area is 139 Å². The first-order chi connectivity index (χ1) is 11.7. The Balaban J connectivity index is 1.89. The first-order valence-electron chi connectivity index (χ1n) is 7.60. The number of aromatic nitrogens is 3. The van der Waals surface area contributed by atoms with Gasteiger partial charge in [-0.1, -0.05) is 18.2 Å². The number of nitrogens with one attached hydrogen (secondary N) is 1. The minimum absolute atomic E-state index is 0.0690. The van der Waals surface area contributed by atoms with Crippen LogP contribution in [0.1, 0.15) is 27.7 Å². The lowest BCUT2D eigenvalue weighted by Gasteiger charge is -2.21. The van der Waals surface area contributed by atoms with E-state index in [4.69, 9.17) is 4.74 Å². The second kappa shape index (κ2) is 5.49. The summed E-state index contributed by atoms with van der Waals surface area (Å²) in [5.41, 5.74) is 4.03. The second-order valence-electron chi connectivity index (χ2n) is 5.70. The van der Waals surface area contributed by atoms with Crippen molar-refractivity contribution in [2.75, 3.05) is 14.2 Å². The Morgan fingerprint density at radius 3 is 2.88 bits per heavy atom. The van der Waals surface area contributed by atoms with Gasteiger partial charge in [0, 0.05) is 30.6 Å². The standard InChI is InChI=1S/C18H16N4O2/c1-22-17(12-6-4-8-19-10-12)14-15(20-21-16(14)18(22)23)11-5-3-7-13(9-11)24-2/h3-10,17H,1-2H3,(H,20,21)/t17-/m0/s1. The molecule has 4 rings (SSSR count). The summed E-state index contributed by atoms with van der Waals surface area (Å²) >= 11 is 0. The lowest BCUT2D eigenvalue weighted by Crippen LogP contribution is -2.24. The lowest BCUT2D eigenvalue weighted by atomic mass is 9.97. The van der Waals surface area contributed by atoms with Crippen molar-refractivity contribution in [3.8, 4) is 17.0 Å². The molecule has 1 aromatic carbocycles. The van der Waals surface area contributed by atoms with E-state index >= 15 is 0 Å². The summed E-state index contributed by atoms with van der Waals surface area (Å²) in [6, 6.07) is 11.3. The average molecular weight is 320 g/mol. The summed E-state index contributed by atoms with van der Waals surface area (Å²) in [7, 11) is 3.42. The first-order valence-corrected chi connectivity index (χ1v) is 7.60. The first kappa shape index (κ1) is 14.4. The highest BCUT2D eigenvalue weighted by molar-refractivity contribution is 6.00. The van der Waals surface area contributed by atoms with Gasteiger partial charge in [-0.05, 0) is 23.8 Å². The number of rotatable bonds is 3. The maximum absolute atomic E-state index is 12.6. The molecule has 0 saturated carbocycles. The van der Waals surface area contributed by atoms with E-state index in [0.29, 0.717) is 5.69 Å². The fourth-order valence-corrected chi connectivity index (χ4v) is 3.19. The molecule has 3 heterocycles. The maximum atomic E-state index is 12.6. The molecule has 1 aliphatic heterocycles. The number of methoxy groups -OCH3 is 1. The predicted molar refractivity (Wildman–Crippen MR) is 88.7 cm³/mol. The number of nitrogens with zero attached hydrogens (tertiary/aromatic N) is 3. The molecule has 0 bridgehead atoms. The topological polar surface area (TPSA) is 71.1 Å². The van der Waals surface area contributed by atoms with Gasteiger partial charge in [0.2, 0.25) is 0 Å².